The summed E-state index contributed by atoms with van der Waals surface area (Å²) in [6, 6.07) is 5.59. The highest BCUT2D eigenvalue weighted by molar-refractivity contribution is 6.30. The molecule has 0 saturated heterocycles. The van der Waals surface area contributed by atoms with E-state index in [1.807, 2.05) is 19.1 Å². The van der Waals surface area contributed by atoms with E-state index < -0.39 is 24.5 Å². The van der Waals surface area contributed by atoms with Gasteiger partial charge in [0.05, 0.1) is 6.42 Å². The van der Waals surface area contributed by atoms with Crippen LogP contribution in [0.25, 0.3) is 0 Å². The van der Waals surface area contributed by atoms with Gasteiger partial charge in [0.1, 0.15) is 5.69 Å². The molecule has 1 aliphatic rings. The summed E-state index contributed by atoms with van der Waals surface area (Å²) in [4.78, 5) is 14.5. The molecule has 0 radical (unpaired) electrons. The van der Waals surface area contributed by atoms with Crippen LogP contribution in [0.15, 0.2) is 18.2 Å². The standard InChI is InChI=1S/C19H21ClF3N3O/c1-3-11-4-5-13(20)8-12(11)10-26(14-6-7-14)16(27)9-15-17(18(21)22)24-25(2)19(15)23/h4-5,8,14,18H,3,6-7,9-10H2,1-2H3. The molecule has 1 aliphatic carbocycles. The number of carbonyl (C=O) groups is 1. The van der Waals surface area contributed by atoms with E-state index in [0.717, 1.165) is 35.1 Å². The van der Waals surface area contributed by atoms with Crippen molar-refractivity contribution in [2.45, 2.75) is 51.6 Å². The summed E-state index contributed by atoms with van der Waals surface area (Å²) in [5.74, 6) is -1.28. The molecule has 2 aromatic rings. The molecule has 0 atom stereocenters. The summed E-state index contributed by atoms with van der Waals surface area (Å²) in [6.07, 6.45) is -0.877. The van der Waals surface area contributed by atoms with Gasteiger partial charge in [-0.3, -0.25) is 4.79 Å². The summed E-state index contributed by atoms with van der Waals surface area (Å²) >= 11 is 6.09. The van der Waals surface area contributed by atoms with Crippen LogP contribution in [0.3, 0.4) is 0 Å². The zero-order chi connectivity index (χ0) is 19.7. The summed E-state index contributed by atoms with van der Waals surface area (Å²) in [5.41, 5.74) is 0.991. The summed E-state index contributed by atoms with van der Waals surface area (Å²) in [6.45, 7) is 2.34. The van der Waals surface area contributed by atoms with E-state index in [1.54, 1.807) is 11.0 Å². The van der Waals surface area contributed by atoms with Gasteiger partial charge in [-0.1, -0.05) is 24.6 Å². The number of hydrogen-bond acceptors (Lipinski definition) is 2. The zero-order valence-corrected chi connectivity index (χ0v) is 15.9. The highest BCUT2D eigenvalue weighted by Crippen LogP contribution is 2.31. The second-order valence-corrected chi connectivity index (χ2v) is 7.21. The molecule has 1 fully saturated rings. The Morgan fingerprint density at radius 1 is 1.37 bits per heavy atom. The molecule has 0 aliphatic heterocycles. The topological polar surface area (TPSA) is 38.1 Å². The predicted molar refractivity (Wildman–Crippen MR) is 96.2 cm³/mol. The number of aromatic nitrogens is 2. The first-order valence-corrected chi connectivity index (χ1v) is 9.25. The smallest absolute Gasteiger partial charge is 0.282 e. The van der Waals surface area contributed by atoms with Crippen LogP contribution >= 0.6 is 11.6 Å². The van der Waals surface area contributed by atoms with Gasteiger partial charge in [-0.05, 0) is 42.5 Å². The minimum atomic E-state index is -2.93. The first-order chi connectivity index (χ1) is 12.8. The largest absolute Gasteiger partial charge is 0.335 e. The lowest BCUT2D eigenvalue weighted by Gasteiger charge is -2.24. The van der Waals surface area contributed by atoms with Crippen molar-refractivity contribution in [3.05, 3.63) is 51.6 Å². The van der Waals surface area contributed by atoms with E-state index in [2.05, 4.69) is 5.10 Å². The van der Waals surface area contributed by atoms with Gasteiger partial charge >= 0.3 is 0 Å². The van der Waals surface area contributed by atoms with Crippen LogP contribution in [-0.4, -0.2) is 26.6 Å². The van der Waals surface area contributed by atoms with Crippen molar-refractivity contribution in [3.63, 3.8) is 0 Å². The monoisotopic (exact) mass is 399 g/mol. The molecule has 0 unspecified atom stereocenters. The molecule has 1 aromatic carbocycles. The second kappa shape index (κ2) is 7.92. The normalized spacial score (nSPS) is 14.0. The summed E-state index contributed by atoms with van der Waals surface area (Å²) in [5, 5.41) is 4.08. The van der Waals surface area contributed by atoms with Crippen molar-refractivity contribution >= 4 is 17.5 Å². The van der Waals surface area contributed by atoms with Crippen molar-refractivity contribution in [3.8, 4) is 0 Å². The van der Waals surface area contributed by atoms with Gasteiger partial charge in [0, 0.05) is 30.2 Å². The Morgan fingerprint density at radius 3 is 2.67 bits per heavy atom. The lowest BCUT2D eigenvalue weighted by molar-refractivity contribution is -0.131. The number of halogens is 4. The maximum Gasteiger partial charge on any atom is 0.282 e. The van der Waals surface area contributed by atoms with Crippen molar-refractivity contribution in [1.29, 1.82) is 0 Å². The van der Waals surface area contributed by atoms with E-state index in [9.17, 15) is 18.0 Å². The molecule has 1 amide bonds. The van der Waals surface area contributed by atoms with Crippen LogP contribution in [0.4, 0.5) is 13.2 Å². The molecule has 0 N–H and O–H groups in total. The number of amides is 1. The zero-order valence-electron chi connectivity index (χ0n) is 15.2. The Hall–Kier alpha value is -2.02. The Bertz CT molecular complexity index is 849. The quantitative estimate of drug-likeness (QED) is 0.690. The summed E-state index contributed by atoms with van der Waals surface area (Å²) < 4.78 is 41.3. The van der Waals surface area contributed by atoms with E-state index in [0.29, 0.717) is 11.6 Å². The van der Waals surface area contributed by atoms with Gasteiger partial charge in [-0.2, -0.15) is 9.49 Å². The van der Waals surface area contributed by atoms with Gasteiger partial charge in [0.25, 0.3) is 6.43 Å². The van der Waals surface area contributed by atoms with E-state index >= 15 is 0 Å². The molecule has 3 rings (SSSR count). The van der Waals surface area contributed by atoms with Gasteiger partial charge in [-0.15, -0.1) is 0 Å². The van der Waals surface area contributed by atoms with E-state index in [4.69, 9.17) is 11.6 Å². The predicted octanol–water partition coefficient (Wildman–Crippen LogP) is 4.45. The number of hydrogen-bond donors (Lipinski definition) is 0. The number of rotatable bonds is 7. The van der Waals surface area contributed by atoms with Crippen molar-refractivity contribution < 1.29 is 18.0 Å². The van der Waals surface area contributed by atoms with Crippen LogP contribution in [0.1, 0.15) is 48.6 Å². The molecule has 1 heterocycles. The molecule has 1 aromatic heterocycles. The fourth-order valence-electron chi connectivity index (χ4n) is 3.24. The molecule has 4 nitrogen and oxygen atoms in total. The highest BCUT2D eigenvalue weighted by Gasteiger charge is 2.34. The third-order valence-electron chi connectivity index (χ3n) is 4.83. The first kappa shape index (κ1) is 19.7. The lowest BCUT2D eigenvalue weighted by atomic mass is 10.0. The molecule has 0 bridgehead atoms. The van der Waals surface area contributed by atoms with E-state index in [-0.39, 0.29) is 17.5 Å². The molecule has 0 spiro atoms. The SMILES string of the molecule is CCc1ccc(Cl)cc1CN(C(=O)Cc1c(C(F)F)nn(C)c1F)C1CC1. The van der Waals surface area contributed by atoms with Crippen molar-refractivity contribution in [1.82, 2.24) is 14.7 Å². The molecular formula is C19H21ClF3N3O. The van der Waals surface area contributed by atoms with Crippen LogP contribution in [-0.2, 0) is 31.2 Å². The first-order valence-electron chi connectivity index (χ1n) is 8.88. The van der Waals surface area contributed by atoms with E-state index in [1.165, 1.54) is 7.05 Å². The van der Waals surface area contributed by atoms with Gasteiger partial charge in [0.2, 0.25) is 11.9 Å². The van der Waals surface area contributed by atoms with Crippen LogP contribution in [0, 0.1) is 5.95 Å². The number of carbonyl (C=O) groups excluding carboxylic acids is 1. The number of alkyl halides is 2. The van der Waals surface area contributed by atoms with Crippen molar-refractivity contribution in [2.75, 3.05) is 0 Å². The number of benzene rings is 1. The highest BCUT2D eigenvalue weighted by atomic mass is 35.5. The lowest BCUT2D eigenvalue weighted by Crippen LogP contribution is -2.34. The fourth-order valence-corrected chi connectivity index (χ4v) is 3.43. The Morgan fingerprint density at radius 2 is 2.07 bits per heavy atom. The van der Waals surface area contributed by atoms with Crippen LogP contribution in [0.2, 0.25) is 5.02 Å². The average molecular weight is 400 g/mol. The Kier molecular flexibility index (Phi) is 5.79. The molecule has 8 heteroatoms. The Labute approximate surface area is 160 Å². The third-order valence-corrected chi connectivity index (χ3v) is 5.07. The fraction of sp³-hybridized carbons (Fsp3) is 0.474. The minimum Gasteiger partial charge on any atom is -0.335 e. The molecule has 146 valence electrons. The molecule has 1 saturated carbocycles. The second-order valence-electron chi connectivity index (χ2n) is 6.78. The average Bonchev–Trinajstić information content (AvgIpc) is 3.42. The Balaban J connectivity index is 1.85. The maximum atomic E-state index is 14.2. The molecule has 27 heavy (non-hydrogen) atoms. The molecular weight excluding hydrogens is 379 g/mol. The minimum absolute atomic E-state index is 0.0518. The van der Waals surface area contributed by atoms with Gasteiger partial charge in [-0.25, -0.2) is 13.5 Å². The summed E-state index contributed by atoms with van der Waals surface area (Å²) in [7, 11) is 1.24. The third kappa shape index (κ3) is 4.29. The van der Waals surface area contributed by atoms with Gasteiger partial charge < -0.3 is 4.90 Å². The van der Waals surface area contributed by atoms with Crippen LogP contribution in [0.5, 0.6) is 0 Å². The van der Waals surface area contributed by atoms with Crippen molar-refractivity contribution in [2.24, 2.45) is 7.05 Å². The van der Waals surface area contributed by atoms with Gasteiger partial charge in [0.15, 0.2) is 0 Å². The number of aryl methyl sites for hydroxylation is 2. The maximum absolute atomic E-state index is 14.2. The van der Waals surface area contributed by atoms with Crippen LogP contribution < -0.4 is 0 Å². The number of nitrogens with zero attached hydrogens (tertiary/aromatic N) is 3.